The molecule has 1 saturated heterocycles. The minimum atomic E-state index is 0.0725. The second-order valence-electron chi connectivity index (χ2n) is 6.46. The molecule has 0 N–H and O–H groups in total. The fourth-order valence-corrected chi connectivity index (χ4v) is 4.47. The zero-order valence-corrected chi connectivity index (χ0v) is 15.0. The van der Waals surface area contributed by atoms with Gasteiger partial charge in [-0.05, 0) is 43.5 Å². The molecule has 4 rings (SSSR count). The molecule has 1 atom stereocenters. The lowest BCUT2D eigenvalue weighted by molar-refractivity contribution is -0.126. The van der Waals surface area contributed by atoms with Crippen LogP contribution in [-0.2, 0) is 4.79 Å². The van der Waals surface area contributed by atoms with Gasteiger partial charge in [-0.15, -0.1) is 11.3 Å². The summed E-state index contributed by atoms with van der Waals surface area (Å²) in [4.78, 5) is 19.4. The Hall–Kier alpha value is -2.46. The fourth-order valence-electron chi connectivity index (χ4n) is 3.36. The van der Waals surface area contributed by atoms with Crippen LogP contribution in [0.1, 0.15) is 35.0 Å². The summed E-state index contributed by atoms with van der Waals surface area (Å²) in [6.07, 6.45) is 5.62. The van der Waals surface area contributed by atoms with E-state index in [0.29, 0.717) is 0 Å². The van der Waals surface area contributed by atoms with Crippen LogP contribution in [0.15, 0.2) is 54.6 Å². The van der Waals surface area contributed by atoms with Gasteiger partial charge in [-0.2, -0.15) is 0 Å². The summed E-state index contributed by atoms with van der Waals surface area (Å²) >= 11 is 1.70. The molecule has 0 aliphatic carbocycles. The van der Waals surface area contributed by atoms with E-state index < -0.39 is 0 Å². The predicted octanol–water partition coefficient (Wildman–Crippen LogP) is 4.98. The Morgan fingerprint density at radius 2 is 2.12 bits per heavy atom. The molecule has 0 bridgehead atoms. The number of amides is 1. The van der Waals surface area contributed by atoms with E-state index in [9.17, 15) is 4.79 Å². The number of hydrogen-bond donors (Lipinski definition) is 0. The van der Waals surface area contributed by atoms with Crippen molar-refractivity contribution >= 4 is 33.5 Å². The number of thiazole rings is 1. The van der Waals surface area contributed by atoms with Gasteiger partial charge in [0.25, 0.3) is 0 Å². The molecule has 1 aromatic heterocycles. The number of hydrogen-bond acceptors (Lipinski definition) is 3. The molecule has 4 heteroatoms. The van der Waals surface area contributed by atoms with Crippen LogP contribution in [-0.4, -0.2) is 22.3 Å². The molecule has 3 aromatic rings. The highest BCUT2D eigenvalue weighted by atomic mass is 32.1. The zero-order valence-electron chi connectivity index (χ0n) is 14.2. The van der Waals surface area contributed by atoms with Gasteiger partial charge in [-0.1, -0.05) is 42.0 Å². The van der Waals surface area contributed by atoms with Crippen LogP contribution in [0.3, 0.4) is 0 Å². The molecule has 1 fully saturated rings. The van der Waals surface area contributed by atoms with Crippen LogP contribution in [0.25, 0.3) is 16.3 Å². The van der Waals surface area contributed by atoms with Crippen molar-refractivity contribution in [1.82, 2.24) is 9.88 Å². The van der Waals surface area contributed by atoms with Crippen LogP contribution in [0, 0.1) is 6.92 Å². The average molecular weight is 348 g/mol. The van der Waals surface area contributed by atoms with Gasteiger partial charge in [-0.3, -0.25) is 4.79 Å². The van der Waals surface area contributed by atoms with E-state index >= 15 is 0 Å². The molecular formula is C21H20N2OS. The van der Waals surface area contributed by atoms with Gasteiger partial charge in [0.15, 0.2) is 0 Å². The van der Waals surface area contributed by atoms with Crippen LogP contribution < -0.4 is 0 Å². The Balaban J connectivity index is 1.55. The quantitative estimate of drug-likeness (QED) is 0.625. The number of likely N-dealkylation sites (tertiary alicyclic amines) is 1. The average Bonchev–Trinajstić information content (AvgIpc) is 3.26. The summed E-state index contributed by atoms with van der Waals surface area (Å²) in [6.45, 7) is 2.86. The Bertz CT molecular complexity index is 911. The van der Waals surface area contributed by atoms with E-state index in [1.165, 1.54) is 10.3 Å². The van der Waals surface area contributed by atoms with E-state index in [1.807, 2.05) is 41.3 Å². The molecule has 2 heterocycles. The van der Waals surface area contributed by atoms with Crippen molar-refractivity contribution in [3.63, 3.8) is 0 Å². The van der Waals surface area contributed by atoms with E-state index in [0.717, 1.165) is 35.5 Å². The molecule has 2 aromatic carbocycles. The number of benzene rings is 2. The molecule has 0 spiro atoms. The number of aromatic nitrogens is 1. The van der Waals surface area contributed by atoms with E-state index in [2.05, 4.69) is 25.1 Å². The molecule has 1 amide bonds. The summed E-state index contributed by atoms with van der Waals surface area (Å²) in [5.41, 5.74) is 3.28. The number of nitrogens with zero attached hydrogens (tertiary/aromatic N) is 2. The first-order valence-corrected chi connectivity index (χ1v) is 9.43. The molecule has 0 radical (unpaired) electrons. The molecule has 126 valence electrons. The van der Waals surface area contributed by atoms with E-state index in [4.69, 9.17) is 4.98 Å². The minimum Gasteiger partial charge on any atom is -0.330 e. The van der Waals surface area contributed by atoms with Crippen molar-refractivity contribution < 1.29 is 4.79 Å². The molecular weight excluding hydrogens is 328 g/mol. The van der Waals surface area contributed by atoms with Crippen LogP contribution in [0.2, 0.25) is 0 Å². The highest BCUT2D eigenvalue weighted by molar-refractivity contribution is 7.18. The number of para-hydroxylation sites is 1. The van der Waals surface area contributed by atoms with Crippen molar-refractivity contribution in [1.29, 1.82) is 0 Å². The van der Waals surface area contributed by atoms with Gasteiger partial charge in [0.05, 0.1) is 16.3 Å². The van der Waals surface area contributed by atoms with Gasteiger partial charge in [0.1, 0.15) is 5.01 Å². The second-order valence-corrected chi connectivity index (χ2v) is 7.52. The van der Waals surface area contributed by atoms with Crippen molar-refractivity contribution in [2.45, 2.75) is 25.8 Å². The number of carbonyl (C=O) groups is 1. The maximum atomic E-state index is 12.7. The summed E-state index contributed by atoms with van der Waals surface area (Å²) in [6, 6.07) is 16.4. The number of fused-ring (bicyclic) bond motifs is 1. The smallest absolute Gasteiger partial charge is 0.247 e. The van der Waals surface area contributed by atoms with Gasteiger partial charge < -0.3 is 4.90 Å². The number of rotatable bonds is 3. The van der Waals surface area contributed by atoms with Gasteiger partial charge in [-0.25, -0.2) is 4.98 Å². The largest absolute Gasteiger partial charge is 0.330 e. The Kier molecular flexibility index (Phi) is 4.36. The van der Waals surface area contributed by atoms with Crippen molar-refractivity contribution in [2.75, 3.05) is 6.54 Å². The molecule has 3 nitrogen and oxygen atoms in total. The molecule has 25 heavy (non-hydrogen) atoms. The second kappa shape index (κ2) is 6.81. The summed E-state index contributed by atoms with van der Waals surface area (Å²) in [7, 11) is 0. The maximum absolute atomic E-state index is 12.7. The summed E-state index contributed by atoms with van der Waals surface area (Å²) in [5, 5.41) is 1.05. The third kappa shape index (κ3) is 3.35. The first-order valence-electron chi connectivity index (χ1n) is 8.61. The van der Waals surface area contributed by atoms with E-state index in [-0.39, 0.29) is 11.9 Å². The molecule has 0 saturated carbocycles. The van der Waals surface area contributed by atoms with Crippen LogP contribution in [0.4, 0.5) is 0 Å². The normalized spacial score (nSPS) is 17.6. The minimum absolute atomic E-state index is 0.0725. The Labute approximate surface area is 151 Å². The zero-order chi connectivity index (χ0) is 17.2. The van der Waals surface area contributed by atoms with E-state index in [1.54, 1.807) is 17.4 Å². The lowest BCUT2D eigenvalue weighted by Crippen LogP contribution is -2.28. The summed E-state index contributed by atoms with van der Waals surface area (Å²) < 4.78 is 1.19. The SMILES string of the molecule is Cc1cccc(C=CC(=O)N2CCCC2c2nc3ccccc3s2)c1. The highest BCUT2D eigenvalue weighted by Crippen LogP contribution is 2.36. The molecule has 1 aliphatic rings. The summed E-state index contributed by atoms with van der Waals surface area (Å²) in [5.74, 6) is 0.0725. The maximum Gasteiger partial charge on any atom is 0.247 e. The first kappa shape index (κ1) is 16.0. The lowest BCUT2D eigenvalue weighted by atomic mass is 10.1. The first-order chi connectivity index (χ1) is 12.2. The van der Waals surface area contributed by atoms with Gasteiger partial charge >= 0.3 is 0 Å². The van der Waals surface area contributed by atoms with Crippen molar-refractivity contribution in [3.8, 4) is 0 Å². The fraction of sp³-hybridized carbons (Fsp3) is 0.238. The topological polar surface area (TPSA) is 33.2 Å². The number of carbonyl (C=O) groups excluding carboxylic acids is 1. The lowest BCUT2D eigenvalue weighted by Gasteiger charge is -2.21. The Morgan fingerprint density at radius 1 is 1.24 bits per heavy atom. The third-order valence-corrected chi connectivity index (χ3v) is 5.73. The van der Waals surface area contributed by atoms with Crippen molar-refractivity contribution in [3.05, 3.63) is 70.7 Å². The molecule has 1 aliphatic heterocycles. The van der Waals surface area contributed by atoms with Crippen LogP contribution >= 0.6 is 11.3 Å². The van der Waals surface area contributed by atoms with Gasteiger partial charge in [0, 0.05) is 12.6 Å². The molecule has 1 unspecified atom stereocenters. The monoisotopic (exact) mass is 348 g/mol. The Morgan fingerprint density at radius 3 is 2.96 bits per heavy atom. The third-order valence-electron chi connectivity index (χ3n) is 4.59. The number of aryl methyl sites for hydroxylation is 1. The standard InChI is InChI=1S/C21H20N2OS/c1-15-6-4-7-16(14-15)11-12-20(24)23-13-5-9-18(23)21-22-17-8-2-3-10-19(17)25-21/h2-4,6-8,10-12,14,18H,5,9,13H2,1H3. The predicted molar refractivity (Wildman–Crippen MR) is 104 cm³/mol. The van der Waals surface area contributed by atoms with Crippen molar-refractivity contribution in [2.24, 2.45) is 0 Å². The van der Waals surface area contributed by atoms with Gasteiger partial charge in [0.2, 0.25) is 5.91 Å². The highest BCUT2D eigenvalue weighted by Gasteiger charge is 2.31. The van der Waals surface area contributed by atoms with Crippen LogP contribution in [0.5, 0.6) is 0 Å².